The molecule has 2 atom stereocenters. The largest absolute Gasteiger partial charge is 0.324 e. The second-order valence-electron chi connectivity index (χ2n) is 2.71. The maximum Gasteiger partial charge on any atom is 0.0288 e. The molecule has 1 aliphatic rings. The molecule has 0 aromatic carbocycles. The maximum absolute atomic E-state index is 5.71. The van der Waals surface area contributed by atoms with E-state index in [-0.39, 0.29) is 6.04 Å². The van der Waals surface area contributed by atoms with Crippen molar-refractivity contribution >= 4 is 0 Å². The van der Waals surface area contributed by atoms with E-state index in [4.69, 9.17) is 5.73 Å². The summed E-state index contributed by atoms with van der Waals surface area (Å²) in [6.07, 6.45) is 6.33. The van der Waals surface area contributed by atoms with Crippen LogP contribution in [0.3, 0.4) is 0 Å². The highest BCUT2D eigenvalue weighted by Crippen LogP contribution is 2.13. The van der Waals surface area contributed by atoms with Crippen LogP contribution in [0, 0.1) is 5.92 Å². The average Bonchev–Trinajstić information content (AvgIpc) is 1.80. The van der Waals surface area contributed by atoms with Gasteiger partial charge in [0.05, 0.1) is 0 Å². The standard InChI is InChI=1S/C8H13N/c1-6-3-4-8(9)7(2)5-6/h3-5,7-8H,9H2,1-2H3. The highest BCUT2D eigenvalue weighted by atomic mass is 14.6. The monoisotopic (exact) mass is 123 g/mol. The van der Waals surface area contributed by atoms with Gasteiger partial charge in [-0.2, -0.15) is 0 Å². The van der Waals surface area contributed by atoms with E-state index in [1.165, 1.54) is 5.57 Å². The van der Waals surface area contributed by atoms with E-state index in [9.17, 15) is 0 Å². The number of rotatable bonds is 0. The van der Waals surface area contributed by atoms with E-state index < -0.39 is 0 Å². The highest BCUT2D eigenvalue weighted by molar-refractivity contribution is 5.24. The van der Waals surface area contributed by atoms with Gasteiger partial charge in [0.2, 0.25) is 0 Å². The fourth-order valence-electron chi connectivity index (χ4n) is 1.02. The summed E-state index contributed by atoms with van der Waals surface area (Å²) in [6.45, 7) is 4.23. The first-order valence-electron chi connectivity index (χ1n) is 3.32. The van der Waals surface area contributed by atoms with Crippen molar-refractivity contribution in [3.63, 3.8) is 0 Å². The van der Waals surface area contributed by atoms with Crippen LogP contribution in [-0.2, 0) is 0 Å². The second-order valence-corrected chi connectivity index (χ2v) is 2.71. The van der Waals surface area contributed by atoms with Crippen molar-refractivity contribution in [1.82, 2.24) is 0 Å². The van der Waals surface area contributed by atoms with Crippen molar-refractivity contribution in [3.05, 3.63) is 23.8 Å². The first kappa shape index (κ1) is 6.56. The summed E-state index contributed by atoms with van der Waals surface area (Å²) in [6, 6.07) is 0.230. The van der Waals surface area contributed by atoms with E-state index in [1.807, 2.05) is 0 Å². The lowest BCUT2D eigenvalue weighted by molar-refractivity contribution is 0.620. The zero-order chi connectivity index (χ0) is 6.85. The summed E-state index contributed by atoms with van der Waals surface area (Å²) in [4.78, 5) is 0. The summed E-state index contributed by atoms with van der Waals surface area (Å²) < 4.78 is 0. The molecular formula is C8H13N. The molecule has 0 aliphatic heterocycles. The number of hydrogen-bond donors (Lipinski definition) is 1. The molecular weight excluding hydrogens is 110 g/mol. The average molecular weight is 123 g/mol. The molecule has 1 aliphatic carbocycles. The summed E-state index contributed by atoms with van der Waals surface area (Å²) in [7, 11) is 0. The van der Waals surface area contributed by atoms with Gasteiger partial charge in [-0.15, -0.1) is 0 Å². The molecule has 0 saturated heterocycles. The van der Waals surface area contributed by atoms with Crippen molar-refractivity contribution in [2.24, 2.45) is 11.7 Å². The number of allylic oxidation sites excluding steroid dienone is 2. The second kappa shape index (κ2) is 2.36. The fraction of sp³-hybridized carbons (Fsp3) is 0.500. The molecule has 2 unspecified atom stereocenters. The summed E-state index contributed by atoms with van der Waals surface area (Å²) in [5.41, 5.74) is 7.03. The van der Waals surface area contributed by atoms with Crippen LogP contribution in [0.4, 0.5) is 0 Å². The lowest BCUT2D eigenvalue weighted by atomic mass is 9.95. The first-order chi connectivity index (χ1) is 4.20. The van der Waals surface area contributed by atoms with Gasteiger partial charge in [-0.25, -0.2) is 0 Å². The zero-order valence-electron chi connectivity index (χ0n) is 5.96. The van der Waals surface area contributed by atoms with Crippen molar-refractivity contribution in [2.75, 3.05) is 0 Å². The lowest BCUT2D eigenvalue weighted by Crippen LogP contribution is -2.26. The van der Waals surface area contributed by atoms with Crippen LogP contribution in [0.1, 0.15) is 13.8 Å². The molecule has 2 N–H and O–H groups in total. The van der Waals surface area contributed by atoms with Crippen LogP contribution in [0.5, 0.6) is 0 Å². The molecule has 9 heavy (non-hydrogen) atoms. The van der Waals surface area contributed by atoms with Crippen LogP contribution < -0.4 is 5.73 Å². The third-order valence-electron chi connectivity index (χ3n) is 1.71. The van der Waals surface area contributed by atoms with Gasteiger partial charge in [0, 0.05) is 6.04 Å². The highest BCUT2D eigenvalue weighted by Gasteiger charge is 2.09. The van der Waals surface area contributed by atoms with Crippen LogP contribution in [-0.4, -0.2) is 6.04 Å². The molecule has 1 heteroatoms. The zero-order valence-corrected chi connectivity index (χ0v) is 5.96. The smallest absolute Gasteiger partial charge is 0.0288 e. The fourth-order valence-corrected chi connectivity index (χ4v) is 1.02. The van der Waals surface area contributed by atoms with Crippen LogP contribution in [0.15, 0.2) is 23.8 Å². The maximum atomic E-state index is 5.71. The summed E-state index contributed by atoms with van der Waals surface area (Å²) in [5.74, 6) is 0.509. The van der Waals surface area contributed by atoms with E-state index in [1.54, 1.807) is 0 Å². The molecule has 0 saturated carbocycles. The third kappa shape index (κ3) is 1.42. The molecule has 0 heterocycles. The number of hydrogen-bond acceptors (Lipinski definition) is 1. The van der Waals surface area contributed by atoms with Crippen LogP contribution >= 0.6 is 0 Å². The Morgan fingerprint density at radius 2 is 2.22 bits per heavy atom. The molecule has 0 aromatic rings. The minimum absolute atomic E-state index is 0.230. The van der Waals surface area contributed by atoms with Crippen molar-refractivity contribution in [3.8, 4) is 0 Å². The van der Waals surface area contributed by atoms with E-state index in [0.29, 0.717) is 5.92 Å². The van der Waals surface area contributed by atoms with Gasteiger partial charge in [-0.1, -0.05) is 30.7 Å². The molecule has 50 valence electrons. The SMILES string of the molecule is CC1=CC(C)C(N)C=C1. The molecule has 0 amide bonds. The van der Waals surface area contributed by atoms with E-state index in [0.717, 1.165) is 0 Å². The molecule has 1 rings (SSSR count). The summed E-state index contributed by atoms with van der Waals surface area (Å²) >= 11 is 0. The predicted octanol–water partition coefficient (Wildman–Crippen LogP) is 1.47. The van der Waals surface area contributed by atoms with Gasteiger partial charge in [-0.3, -0.25) is 0 Å². The van der Waals surface area contributed by atoms with Gasteiger partial charge >= 0.3 is 0 Å². The van der Waals surface area contributed by atoms with E-state index >= 15 is 0 Å². The number of nitrogens with two attached hydrogens (primary N) is 1. The quantitative estimate of drug-likeness (QED) is 0.518. The first-order valence-corrected chi connectivity index (χ1v) is 3.32. The third-order valence-corrected chi connectivity index (χ3v) is 1.71. The Morgan fingerprint density at radius 1 is 1.56 bits per heavy atom. The minimum Gasteiger partial charge on any atom is -0.324 e. The molecule has 0 fully saturated rings. The van der Waals surface area contributed by atoms with Gasteiger partial charge in [0.1, 0.15) is 0 Å². The van der Waals surface area contributed by atoms with Gasteiger partial charge in [-0.05, 0) is 12.8 Å². The van der Waals surface area contributed by atoms with Crippen LogP contribution in [0.2, 0.25) is 0 Å². The molecule has 0 aromatic heterocycles. The molecule has 0 radical (unpaired) electrons. The van der Waals surface area contributed by atoms with Crippen molar-refractivity contribution < 1.29 is 0 Å². The minimum atomic E-state index is 0.230. The Hall–Kier alpha value is -0.560. The molecule has 0 bridgehead atoms. The predicted molar refractivity (Wildman–Crippen MR) is 40.0 cm³/mol. The van der Waals surface area contributed by atoms with Crippen LogP contribution in [0.25, 0.3) is 0 Å². The van der Waals surface area contributed by atoms with Crippen molar-refractivity contribution in [2.45, 2.75) is 19.9 Å². The Balaban J connectivity index is 2.70. The Kier molecular flexibility index (Phi) is 1.72. The van der Waals surface area contributed by atoms with Gasteiger partial charge in [0.15, 0.2) is 0 Å². The Labute approximate surface area is 56.2 Å². The normalized spacial score (nSPS) is 34.3. The van der Waals surface area contributed by atoms with Crippen molar-refractivity contribution in [1.29, 1.82) is 0 Å². The summed E-state index contributed by atoms with van der Waals surface area (Å²) in [5, 5.41) is 0. The van der Waals surface area contributed by atoms with Gasteiger partial charge < -0.3 is 5.73 Å². The Bertz CT molecular complexity index is 156. The lowest BCUT2D eigenvalue weighted by Gasteiger charge is -2.16. The van der Waals surface area contributed by atoms with E-state index in [2.05, 4.69) is 32.1 Å². The Morgan fingerprint density at radius 3 is 2.67 bits per heavy atom. The topological polar surface area (TPSA) is 26.0 Å². The molecule has 0 spiro atoms. The molecule has 1 nitrogen and oxygen atoms in total. The van der Waals surface area contributed by atoms with Gasteiger partial charge in [0.25, 0.3) is 0 Å².